The molecule has 1 N–H and O–H groups in total. The molecule has 1 aromatic carbocycles. The smallest absolute Gasteiger partial charge is 0.412 e. The molecule has 32 heavy (non-hydrogen) atoms. The molecule has 0 saturated carbocycles. The van der Waals surface area contributed by atoms with Crippen molar-refractivity contribution in [3.63, 3.8) is 0 Å². The minimum atomic E-state index is -0.708. The monoisotopic (exact) mass is 447 g/mol. The predicted octanol–water partition coefficient (Wildman–Crippen LogP) is 3.75. The van der Waals surface area contributed by atoms with E-state index in [0.717, 1.165) is 18.4 Å². The molecule has 2 aliphatic rings. The summed E-state index contributed by atoms with van der Waals surface area (Å²) < 4.78 is 16.9. The summed E-state index contributed by atoms with van der Waals surface area (Å²) in [7, 11) is 0. The number of likely N-dealkylation sites (tertiary alicyclic amines) is 1. The van der Waals surface area contributed by atoms with Crippen LogP contribution >= 0.6 is 0 Å². The van der Waals surface area contributed by atoms with Crippen LogP contribution in [0.1, 0.15) is 53.0 Å². The molecule has 3 rings (SSSR count). The minimum absolute atomic E-state index is 0.103. The summed E-state index contributed by atoms with van der Waals surface area (Å²) in [6.45, 7) is 12.0. The molecule has 8 heteroatoms. The van der Waals surface area contributed by atoms with Crippen molar-refractivity contribution in [3.8, 4) is 0 Å². The van der Waals surface area contributed by atoms with Crippen molar-refractivity contribution in [1.29, 1.82) is 0 Å². The van der Waals surface area contributed by atoms with Gasteiger partial charge in [0.2, 0.25) is 0 Å². The third-order valence-electron chi connectivity index (χ3n) is 5.76. The molecule has 2 saturated heterocycles. The molecule has 0 spiro atoms. The lowest BCUT2D eigenvalue weighted by molar-refractivity contribution is -0.0624. The second-order valence-corrected chi connectivity index (χ2v) is 9.97. The zero-order valence-electron chi connectivity index (χ0n) is 19.9. The van der Waals surface area contributed by atoms with Gasteiger partial charge in [-0.1, -0.05) is 30.3 Å². The summed E-state index contributed by atoms with van der Waals surface area (Å²) in [5.41, 5.74) is -0.287. The Labute approximate surface area is 191 Å². The number of nitrogens with one attached hydrogen (secondary N) is 1. The molecule has 8 nitrogen and oxygen atoms in total. The van der Waals surface area contributed by atoms with Gasteiger partial charge in [-0.25, -0.2) is 9.59 Å². The van der Waals surface area contributed by atoms with Crippen LogP contribution in [0.15, 0.2) is 30.3 Å². The highest BCUT2D eigenvalue weighted by molar-refractivity contribution is 5.70. The third kappa shape index (κ3) is 6.59. The Hall–Kier alpha value is -2.32. The lowest BCUT2D eigenvalue weighted by Crippen LogP contribution is -2.54. The zero-order valence-corrected chi connectivity index (χ0v) is 19.9. The number of nitrogens with zero attached hydrogens (tertiary/aromatic N) is 2. The molecule has 1 atom stereocenters. The van der Waals surface area contributed by atoms with Gasteiger partial charge in [-0.2, -0.15) is 0 Å². The number of amides is 2. The average Bonchev–Trinajstić information content (AvgIpc) is 3.04. The fourth-order valence-electron chi connectivity index (χ4n) is 4.09. The number of carbonyl (C=O) groups is 2. The van der Waals surface area contributed by atoms with Crippen molar-refractivity contribution in [2.75, 3.05) is 26.2 Å². The molecule has 0 radical (unpaired) electrons. The van der Waals surface area contributed by atoms with E-state index in [0.29, 0.717) is 26.2 Å². The summed E-state index contributed by atoms with van der Waals surface area (Å²) in [6, 6.07) is 9.86. The number of rotatable bonds is 5. The fourth-order valence-corrected chi connectivity index (χ4v) is 4.09. The van der Waals surface area contributed by atoms with E-state index in [2.05, 4.69) is 5.32 Å². The van der Waals surface area contributed by atoms with E-state index in [4.69, 9.17) is 14.2 Å². The van der Waals surface area contributed by atoms with Crippen LogP contribution in [0.5, 0.6) is 0 Å². The van der Waals surface area contributed by atoms with Gasteiger partial charge in [0.15, 0.2) is 0 Å². The maximum atomic E-state index is 12.8. The molecule has 0 aromatic heterocycles. The van der Waals surface area contributed by atoms with E-state index in [-0.39, 0.29) is 30.9 Å². The van der Waals surface area contributed by atoms with E-state index < -0.39 is 11.3 Å². The van der Waals surface area contributed by atoms with Crippen molar-refractivity contribution in [2.45, 2.75) is 77.5 Å². The molecule has 0 aliphatic carbocycles. The number of benzene rings is 1. The molecule has 0 bridgehead atoms. The lowest BCUT2D eigenvalue weighted by Gasteiger charge is -2.36. The largest absolute Gasteiger partial charge is 0.445 e. The van der Waals surface area contributed by atoms with Crippen molar-refractivity contribution in [2.24, 2.45) is 0 Å². The average molecular weight is 448 g/mol. The summed E-state index contributed by atoms with van der Waals surface area (Å²) in [5.74, 6) is 0. The standard InChI is InChI=1S/C24H37N3O5/c1-23(2,3)32-22(29)27-20(17-31-24(27,4)5)15-25-19-11-13-26(14-12-19)21(28)30-16-18-9-7-6-8-10-18/h6-10,19-20,25H,11-17H2,1-5H3. The van der Waals surface area contributed by atoms with Crippen molar-refractivity contribution >= 4 is 12.2 Å². The van der Waals surface area contributed by atoms with Gasteiger partial charge in [0.1, 0.15) is 17.9 Å². The second kappa shape index (κ2) is 10.1. The Balaban J connectivity index is 1.43. The zero-order chi connectivity index (χ0) is 23.4. The SMILES string of the molecule is CC(C)(C)OC(=O)N1C(CNC2CCN(C(=O)OCc3ccccc3)CC2)COC1(C)C. The Kier molecular flexibility index (Phi) is 7.67. The maximum absolute atomic E-state index is 12.8. The summed E-state index contributed by atoms with van der Waals surface area (Å²) in [5, 5.41) is 3.56. The number of piperidine rings is 1. The highest BCUT2D eigenvalue weighted by Crippen LogP contribution is 2.29. The molecule has 2 aliphatic heterocycles. The van der Waals surface area contributed by atoms with Crippen LogP contribution in [-0.2, 0) is 20.8 Å². The fraction of sp³-hybridized carbons (Fsp3) is 0.667. The van der Waals surface area contributed by atoms with Gasteiger partial charge >= 0.3 is 12.2 Å². The Morgan fingerprint density at radius 3 is 2.41 bits per heavy atom. The number of hydrogen-bond acceptors (Lipinski definition) is 6. The van der Waals surface area contributed by atoms with Crippen molar-refractivity contribution in [3.05, 3.63) is 35.9 Å². The minimum Gasteiger partial charge on any atom is -0.445 e. The Bertz CT molecular complexity index is 770. The van der Waals surface area contributed by atoms with Gasteiger partial charge < -0.3 is 24.4 Å². The molecular formula is C24H37N3O5. The van der Waals surface area contributed by atoms with E-state index in [1.54, 1.807) is 9.80 Å². The summed E-state index contributed by atoms with van der Waals surface area (Å²) in [4.78, 5) is 28.6. The molecule has 1 unspecified atom stereocenters. The van der Waals surface area contributed by atoms with Crippen LogP contribution in [0.3, 0.4) is 0 Å². The van der Waals surface area contributed by atoms with Crippen molar-refractivity contribution in [1.82, 2.24) is 15.1 Å². The first kappa shape index (κ1) is 24.3. The van der Waals surface area contributed by atoms with Crippen LogP contribution in [0.25, 0.3) is 0 Å². The van der Waals surface area contributed by atoms with E-state index >= 15 is 0 Å². The number of ether oxygens (including phenoxy) is 3. The first-order chi connectivity index (χ1) is 15.0. The highest BCUT2D eigenvalue weighted by Gasteiger charge is 2.45. The van der Waals surface area contributed by atoms with Gasteiger partial charge in [-0.3, -0.25) is 4.90 Å². The summed E-state index contributed by atoms with van der Waals surface area (Å²) >= 11 is 0. The van der Waals surface area contributed by atoms with Gasteiger partial charge in [0.05, 0.1) is 12.6 Å². The molecule has 178 valence electrons. The molecule has 2 fully saturated rings. The van der Waals surface area contributed by atoms with Gasteiger partial charge in [-0.05, 0) is 53.0 Å². The van der Waals surface area contributed by atoms with Crippen LogP contribution in [0.2, 0.25) is 0 Å². The first-order valence-corrected chi connectivity index (χ1v) is 11.4. The third-order valence-corrected chi connectivity index (χ3v) is 5.76. The van der Waals surface area contributed by atoms with Crippen LogP contribution in [0, 0.1) is 0 Å². The predicted molar refractivity (Wildman–Crippen MR) is 121 cm³/mol. The second-order valence-electron chi connectivity index (χ2n) is 9.97. The topological polar surface area (TPSA) is 80.3 Å². The first-order valence-electron chi connectivity index (χ1n) is 11.4. The van der Waals surface area contributed by atoms with Gasteiger partial charge in [0, 0.05) is 25.7 Å². The van der Waals surface area contributed by atoms with Gasteiger partial charge in [-0.15, -0.1) is 0 Å². The quantitative estimate of drug-likeness (QED) is 0.741. The summed E-state index contributed by atoms with van der Waals surface area (Å²) in [6.07, 6.45) is 1.05. The van der Waals surface area contributed by atoms with Crippen LogP contribution in [-0.4, -0.2) is 71.6 Å². The van der Waals surface area contributed by atoms with E-state index in [1.165, 1.54) is 0 Å². The maximum Gasteiger partial charge on any atom is 0.412 e. The molecule has 2 heterocycles. The Morgan fingerprint density at radius 2 is 1.78 bits per heavy atom. The number of carbonyl (C=O) groups excluding carboxylic acids is 2. The Morgan fingerprint density at radius 1 is 1.12 bits per heavy atom. The van der Waals surface area contributed by atoms with Gasteiger partial charge in [0.25, 0.3) is 0 Å². The molecule has 1 aromatic rings. The van der Waals surface area contributed by atoms with Crippen LogP contribution < -0.4 is 5.32 Å². The number of hydrogen-bond donors (Lipinski definition) is 1. The normalized spacial score (nSPS) is 21.5. The highest BCUT2D eigenvalue weighted by atomic mass is 16.6. The molecular weight excluding hydrogens is 410 g/mol. The van der Waals surface area contributed by atoms with E-state index in [1.807, 2.05) is 65.0 Å². The van der Waals surface area contributed by atoms with E-state index in [9.17, 15) is 9.59 Å². The van der Waals surface area contributed by atoms with Crippen molar-refractivity contribution < 1.29 is 23.8 Å². The lowest BCUT2D eigenvalue weighted by atomic mass is 10.0. The van der Waals surface area contributed by atoms with Crippen LogP contribution in [0.4, 0.5) is 9.59 Å². The molecule has 2 amide bonds.